The Bertz CT molecular complexity index is 155. The molecule has 1 aliphatic rings. The number of nitrogens with zero attached hydrogens (tertiary/aromatic N) is 2. The zero-order chi connectivity index (χ0) is 10.9. The largest absolute Gasteiger partial charge is 0.385 e. The van der Waals surface area contributed by atoms with Crippen molar-refractivity contribution in [1.82, 2.24) is 9.80 Å². The summed E-state index contributed by atoms with van der Waals surface area (Å²) in [5.41, 5.74) is 5.57. The minimum atomic E-state index is 0.781. The van der Waals surface area contributed by atoms with Crippen molar-refractivity contribution < 1.29 is 4.74 Å². The van der Waals surface area contributed by atoms with Crippen molar-refractivity contribution in [2.75, 3.05) is 59.5 Å². The molecule has 0 radical (unpaired) electrons. The van der Waals surface area contributed by atoms with Crippen LogP contribution in [0.4, 0.5) is 0 Å². The lowest BCUT2D eigenvalue weighted by Crippen LogP contribution is -2.34. The van der Waals surface area contributed by atoms with Crippen molar-refractivity contribution in [3.63, 3.8) is 0 Å². The maximum absolute atomic E-state index is 5.57. The number of hydrogen-bond acceptors (Lipinski definition) is 4. The van der Waals surface area contributed by atoms with Gasteiger partial charge in [0.25, 0.3) is 0 Å². The molecule has 0 atom stereocenters. The minimum Gasteiger partial charge on any atom is -0.385 e. The molecule has 4 heteroatoms. The fourth-order valence-corrected chi connectivity index (χ4v) is 2.09. The van der Waals surface area contributed by atoms with E-state index in [1.165, 1.54) is 39.1 Å². The fraction of sp³-hybridized carbons (Fsp3) is 1.00. The van der Waals surface area contributed by atoms with Gasteiger partial charge in [0.05, 0.1) is 0 Å². The lowest BCUT2D eigenvalue weighted by Gasteiger charge is -2.21. The molecule has 0 unspecified atom stereocenters. The quantitative estimate of drug-likeness (QED) is 0.633. The first-order chi connectivity index (χ1) is 7.36. The Morgan fingerprint density at radius 3 is 2.33 bits per heavy atom. The lowest BCUT2D eigenvalue weighted by atomic mass is 10.3. The Labute approximate surface area is 93.4 Å². The van der Waals surface area contributed by atoms with Crippen LogP contribution >= 0.6 is 0 Å². The average molecular weight is 215 g/mol. The Morgan fingerprint density at radius 1 is 1.07 bits per heavy atom. The minimum absolute atomic E-state index is 0.781. The monoisotopic (exact) mass is 215 g/mol. The summed E-state index contributed by atoms with van der Waals surface area (Å²) in [6.45, 7) is 8.67. The van der Waals surface area contributed by atoms with Gasteiger partial charge >= 0.3 is 0 Å². The molecule has 4 nitrogen and oxygen atoms in total. The summed E-state index contributed by atoms with van der Waals surface area (Å²) in [5.74, 6) is 0. The maximum atomic E-state index is 5.57. The highest BCUT2D eigenvalue weighted by Gasteiger charge is 2.13. The Morgan fingerprint density at radius 2 is 1.73 bits per heavy atom. The summed E-state index contributed by atoms with van der Waals surface area (Å²) in [6.07, 6.45) is 2.42. The summed E-state index contributed by atoms with van der Waals surface area (Å²) in [5, 5.41) is 0. The molecule has 1 fully saturated rings. The second kappa shape index (κ2) is 8.05. The molecule has 0 aromatic carbocycles. The van der Waals surface area contributed by atoms with Crippen LogP contribution in [-0.4, -0.2) is 69.3 Å². The molecule has 0 spiro atoms. The highest BCUT2D eigenvalue weighted by molar-refractivity contribution is 4.69. The van der Waals surface area contributed by atoms with Crippen molar-refractivity contribution in [1.29, 1.82) is 0 Å². The second-order valence-corrected chi connectivity index (χ2v) is 4.17. The van der Waals surface area contributed by atoms with Crippen molar-refractivity contribution in [3.05, 3.63) is 0 Å². The summed E-state index contributed by atoms with van der Waals surface area (Å²) in [4.78, 5) is 5.01. The number of methoxy groups -OCH3 is 1. The van der Waals surface area contributed by atoms with E-state index in [1.54, 1.807) is 7.11 Å². The molecular weight excluding hydrogens is 190 g/mol. The molecule has 0 bridgehead atoms. The Hall–Kier alpha value is -0.160. The van der Waals surface area contributed by atoms with E-state index in [0.29, 0.717) is 0 Å². The number of rotatable bonds is 6. The standard InChI is InChI=1S/C11H25N3O/c1-15-11-3-7-13-5-2-6-14(8-4-12)10-9-13/h2-12H2,1H3. The third kappa shape index (κ3) is 5.47. The van der Waals surface area contributed by atoms with Crippen molar-refractivity contribution in [2.45, 2.75) is 12.8 Å². The van der Waals surface area contributed by atoms with Gasteiger partial charge in [0.2, 0.25) is 0 Å². The van der Waals surface area contributed by atoms with E-state index in [4.69, 9.17) is 10.5 Å². The van der Waals surface area contributed by atoms with Crippen LogP contribution in [0.15, 0.2) is 0 Å². The van der Waals surface area contributed by atoms with Gasteiger partial charge in [0.15, 0.2) is 0 Å². The summed E-state index contributed by atoms with van der Waals surface area (Å²) in [7, 11) is 1.77. The first kappa shape index (κ1) is 12.9. The highest BCUT2D eigenvalue weighted by atomic mass is 16.5. The Kier molecular flexibility index (Phi) is 6.92. The van der Waals surface area contributed by atoms with Crippen LogP contribution in [0, 0.1) is 0 Å². The highest BCUT2D eigenvalue weighted by Crippen LogP contribution is 2.03. The van der Waals surface area contributed by atoms with Crippen molar-refractivity contribution >= 4 is 0 Å². The van der Waals surface area contributed by atoms with Gasteiger partial charge in [-0.2, -0.15) is 0 Å². The predicted octanol–water partition coefficient (Wildman–Crippen LogP) is -0.0107. The first-order valence-electron chi connectivity index (χ1n) is 6.00. The van der Waals surface area contributed by atoms with E-state index in [-0.39, 0.29) is 0 Å². The van der Waals surface area contributed by atoms with Crippen LogP contribution in [0.1, 0.15) is 12.8 Å². The van der Waals surface area contributed by atoms with Crippen LogP contribution in [-0.2, 0) is 4.74 Å². The smallest absolute Gasteiger partial charge is 0.0474 e. The number of ether oxygens (including phenoxy) is 1. The molecule has 1 rings (SSSR count). The van der Waals surface area contributed by atoms with E-state index >= 15 is 0 Å². The van der Waals surface area contributed by atoms with Crippen LogP contribution in [0.5, 0.6) is 0 Å². The molecule has 0 aromatic rings. The van der Waals surface area contributed by atoms with E-state index in [1.807, 2.05) is 0 Å². The van der Waals surface area contributed by atoms with E-state index in [9.17, 15) is 0 Å². The van der Waals surface area contributed by atoms with Crippen LogP contribution in [0.25, 0.3) is 0 Å². The van der Waals surface area contributed by atoms with Gasteiger partial charge in [-0.1, -0.05) is 0 Å². The SMILES string of the molecule is COCCCN1CCCN(CCN)CC1. The van der Waals surface area contributed by atoms with E-state index in [0.717, 1.165) is 26.1 Å². The third-order valence-corrected chi connectivity index (χ3v) is 2.95. The predicted molar refractivity (Wildman–Crippen MR) is 63.0 cm³/mol. The molecule has 1 heterocycles. The molecule has 1 aliphatic heterocycles. The molecule has 0 aliphatic carbocycles. The molecule has 0 aromatic heterocycles. The third-order valence-electron chi connectivity index (χ3n) is 2.95. The number of hydrogen-bond donors (Lipinski definition) is 1. The summed E-state index contributed by atoms with van der Waals surface area (Å²) < 4.78 is 5.07. The van der Waals surface area contributed by atoms with Gasteiger partial charge in [-0.3, -0.25) is 0 Å². The van der Waals surface area contributed by atoms with Gasteiger partial charge in [0.1, 0.15) is 0 Å². The zero-order valence-electron chi connectivity index (χ0n) is 9.95. The molecule has 2 N–H and O–H groups in total. The van der Waals surface area contributed by atoms with E-state index < -0.39 is 0 Å². The number of nitrogens with two attached hydrogens (primary N) is 1. The summed E-state index contributed by atoms with van der Waals surface area (Å²) >= 11 is 0. The zero-order valence-corrected chi connectivity index (χ0v) is 9.95. The van der Waals surface area contributed by atoms with Crippen LogP contribution in [0.3, 0.4) is 0 Å². The van der Waals surface area contributed by atoms with Crippen molar-refractivity contribution in [2.24, 2.45) is 5.73 Å². The van der Waals surface area contributed by atoms with Gasteiger partial charge in [-0.25, -0.2) is 0 Å². The summed E-state index contributed by atoms with van der Waals surface area (Å²) in [6, 6.07) is 0. The van der Waals surface area contributed by atoms with Gasteiger partial charge in [0, 0.05) is 46.4 Å². The first-order valence-corrected chi connectivity index (χ1v) is 6.00. The topological polar surface area (TPSA) is 41.7 Å². The van der Waals surface area contributed by atoms with Gasteiger partial charge < -0.3 is 20.3 Å². The maximum Gasteiger partial charge on any atom is 0.0474 e. The van der Waals surface area contributed by atoms with E-state index in [2.05, 4.69) is 9.80 Å². The van der Waals surface area contributed by atoms with Crippen molar-refractivity contribution in [3.8, 4) is 0 Å². The molecule has 0 saturated carbocycles. The average Bonchev–Trinajstić information content (AvgIpc) is 2.45. The molecule has 90 valence electrons. The fourth-order valence-electron chi connectivity index (χ4n) is 2.09. The second-order valence-electron chi connectivity index (χ2n) is 4.17. The molecule has 1 saturated heterocycles. The van der Waals surface area contributed by atoms with Crippen LogP contribution in [0.2, 0.25) is 0 Å². The molecule has 15 heavy (non-hydrogen) atoms. The molecule has 0 amide bonds. The molecular formula is C11H25N3O. The van der Waals surface area contributed by atoms with Crippen LogP contribution < -0.4 is 5.73 Å². The van der Waals surface area contributed by atoms with Gasteiger partial charge in [-0.05, 0) is 25.9 Å². The normalized spacial score (nSPS) is 20.4. The van der Waals surface area contributed by atoms with Gasteiger partial charge in [-0.15, -0.1) is 0 Å². The Balaban J connectivity index is 2.14. The lowest BCUT2D eigenvalue weighted by molar-refractivity contribution is 0.172.